The zero-order valence-corrected chi connectivity index (χ0v) is 17.0. The number of piperazine rings is 1. The molecule has 0 bridgehead atoms. The molecule has 1 aliphatic carbocycles. The average molecular weight is 406 g/mol. The van der Waals surface area contributed by atoms with Crippen molar-refractivity contribution >= 4 is 29.2 Å². The second kappa shape index (κ2) is 8.74. The number of aromatic nitrogens is 2. The normalized spacial score (nSPS) is 26.0. The highest BCUT2D eigenvalue weighted by Gasteiger charge is 2.47. The Morgan fingerprint density at radius 3 is 2.21 bits per heavy atom. The van der Waals surface area contributed by atoms with Gasteiger partial charge in [0.1, 0.15) is 11.0 Å². The van der Waals surface area contributed by atoms with Gasteiger partial charge in [0.05, 0.1) is 24.2 Å². The standard InChI is InChI=1S/C20H28ClN5O2/c21-17-13-22-14-18(23-17)25-11-9-24(10-12-25)7-3-4-8-26-19(27)15-5-1-2-6-16(15)20(26)28/h13-16H,1-12H2. The number of rotatable bonds is 6. The molecule has 2 atom stereocenters. The van der Waals surface area contributed by atoms with Crippen LogP contribution in [-0.4, -0.2) is 70.9 Å². The van der Waals surface area contributed by atoms with E-state index >= 15 is 0 Å². The highest BCUT2D eigenvalue weighted by molar-refractivity contribution is 6.29. The third-order valence-electron chi connectivity index (χ3n) is 6.33. The number of carbonyl (C=O) groups excluding carboxylic acids is 2. The summed E-state index contributed by atoms with van der Waals surface area (Å²) in [5.74, 6) is 0.962. The Morgan fingerprint density at radius 1 is 0.929 bits per heavy atom. The lowest BCUT2D eigenvalue weighted by Gasteiger charge is -2.35. The summed E-state index contributed by atoms with van der Waals surface area (Å²) in [6.07, 6.45) is 9.15. The lowest BCUT2D eigenvalue weighted by molar-refractivity contribution is -0.140. The van der Waals surface area contributed by atoms with Crippen LogP contribution in [0, 0.1) is 11.8 Å². The molecule has 2 unspecified atom stereocenters. The molecular weight excluding hydrogens is 378 g/mol. The van der Waals surface area contributed by atoms with Crippen molar-refractivity contribution in [3.8, 4) is 0 Å². The fraction of sp³-hybridized carbons (Fsp3) is 0.700. The molecule has 2 amide bonds. The van der Waals surface area contributed by atoms with E-state index in [-0.39, 0.29) is 23.7 Å². The van der Waals surface area contributed by atoms with Crippen LogP contribution in [0.1, 0.15) is 38.5 Å². The second-order valence-corrected chi connectivity index (χ2v) is 8.45. The van der Waals surface area contributed by atoms with E-state index < -0.39 is 0 Å². The number of nitrogens with zero attached hydrogens (tertiary/aromatic N) is 5. The molecule has 1 aromatic rings. The van der Waals surface area contributed by atoms with Gasteiger partial charge in [0.15, 0.2) is 0 Å². The summed E-state index contributed by atoms with van der Waals surface area (Å²) in [4.78, 5) is 39.6. The van der Waals surface area contributed by atoms with Crippen LogP contribution in [0.25, 0.3) is 0 Å². The number of hydrogen-bond donors (Lipinski definition) is 0. The fourth-order valence-electron chi connectivity index (χ4n) is 4.74. The summed E-state index contributed by atoms with van der Waals surface area (Å²) in [7, 11) is 0. The van der Waals surface area contributed by atoms with E-state index in [2.05, 4.69) is 19.8 Å². The highest BCUT2D eigenvalue weighted by Crippen LogP contribution is 2.38. The molecular formula is C20H28ClN5O2. The number of fused-ring (bicyclic) bond motifs is 1. The molecule has 1 saturated carbocycles. The molecule has 3 aliphatic rings. The van der Waals surface area contributed by atoms with Crippen molar-refractivity contribution in [2.75, 3.05) is 44.2 Å². The predicted octanol–water partition coefficient (Wildman–Crippen LogP) is 2.21. The van der Waals surface area contributed by atoms with Gasteiger partial charge in [0, 0.05) is 32.7 Å². The molecule has 0 radical (unpaired) electrons. The van der Waals surface area contributed by atoms with E-state index in [1.165, 1.54) is 0 Å². The van der Waals surface area contributed by atoms with Gasteiger partial charge in [-0.05, 0) is 32.2 Å². The summed E-state index contributed by atoms with van der Waals surface area (Å²) < 4.78 is 0. The lowest BCUT2D eigenvalue weighted by atomic mass is 9.81. The summed E-state index contributed by atoms with van der Waals surface area (Å²) in [5.41, 5.74) is 0. The number of anilines is 1. The van der Waals surface area contributed by atoms with Crippen LogP contribution >= 0.6 is 11.6 Å². The Kier molecular flexibility index (Phi) is 6.11. The van der Waals surface area contributed by atoms with Crippen molar-refractivity contribution in [1.82, 2.24) is 19.8 Å². The first kappa shape index (κ1) is 19.6. The predicted molar refractivity (Wildman–Crippen MR) is 107 cm³/mol. The number of hydrogen-bond acceptors (Lipinski definition) is 6. The van der Waals surface area contributed by atoms with Gasteiger partial charge in [-0.1, -0.05) is 24.4 Å². The van der Waals surface area contributed by atoms with Crippen molar-refractivity contribution in [1.29, 1.82) is 0 Å². The van der Waals surface area contributed by atoms with Crippen LogP contribution in [0.3, 0.4) is 0 Å². The van der Waals surface area contributed by atoms with Crippen molar-refractivity contribution in [2.45, 2.75) is 38.5 Å². The first-order chi connectivity index (χ1) is 13.6. The minimum absolute atomic E-state index is 0.0242. The van der Waals surface area contributed by atoms with E-state index in [1.54, 1.807) is 17.3 Å². The quantitative estimate of drug-likeness (QED) is 0.534. The number of carbonyl (C=O) groups is 2. The summed E-state index contributed by atoms with van der Waals surface area (Å²) >= 11 is 5.93. The van der Waals surface area contributed by atoms with E-state index in [1.807, 2.05) is 0 Å². The van der Waals surface area contributed by atoms with Gasteiger partial charge in [-0.25, -0.2) is 4.98 Å². The van der Waals surface area contributed by atoms with Crippen molar-refractivity contribution in [3.63, 3.8) is 0 Å². The molecule has 2 aliphatic heterocycles. The lowest BCUT2D eigenvalue weighted by Crippen LogP contribution is -2.47. The third-order valence-corrected chi connectivity index (χ3v) is 6.51. The van der Waals surface area contributed by atoms with E-state index in [9.17, 15) is 9.59 Å². The van der Waals surface area contributed by atoms with Crippen LogP contribution in [0.15, 0.2) is 12.4 Å². The zero-order valence-electron chi connectivity index (χ0n) is 16.2. The Hall–Kier alpha value is -1.73. The number of unbranched alkanes of at least 4 members (excludes halogenated alkanes) is 1. The zero-order chi connectivity index (χ0) is 19.5. The molecule has 3 heterocycles. The topological polar surface area (TPSA) is 69.6 Å². The Balaban J connectivity index is 1.17. The van der Waals surface area contributed by atoms with Crippen molar-refractivity contribution < 1.29 is 9.59 Å². The molecule has 0 aromatic carbocycles. The van der Waals surface area contributed by atoms with Gasteiger partial charge in [0.25, 0.3) is 0 Å². The molecule has 3 fully saturated rings. The number of halogens is 1. The second-order valence-electron chi connectivity index (χ2n) is 8.06. The smallest absolute Gasteiger partial charge is 0.233 e. The largest absolute Gasteiger partial charge is 0.353 e. The maximum atomic E-state index is 12.5. The van der Waals surface area contributed by atoms with Crippen LogP contribution in [0.4, 0.5) is 5.82 Å². The Labute approximate surface area is 171 Å². The molecule has 7 nitrogen and oxygen atoms in total. The molecule has 152 valence electrons. The van der Waals surface area contributed by atoms with E-state index in [0.717, 1.165) is 77.1 Å². The molecule has 2 saturated heterocycles. The summed E-state index contributed by atoms with van der Waals surface area (Å²) in [6.45, 7) is 5.34. The molecule has 0 spiro atoms. The average Bonchev–Trinajstić information content (AvgIpc) is 2.96. The van der Waals surface area contributed by atoms with Gasteiger partial charge < -0.3 is 4.90 Å². The summed E-state index contributed by atoms with van der Waals surface area (Å²) in [5, 5.41) is 0.422. The van der Waals surface area contributed by atoms with E-state index in [0.29, 0.717) is 11.7 Å². The van der Waals surface area contributed by atoms with Gasteiger partial charge in [-0.15, -0.1) is 0 Å². The van der Waals surface area contributed by atoms with Crippen LogP contribution in [0.5, 0.6) is 0 Å². The molecule has 1 aromatic heterocycles. The molecule has 4 rings (SSSR count). The first-order valence-electron chi connectivity index (χ1n) is 10.4. The number of amides is 2. The van der Waals surface area contributed by atoms with Crippen LogP contribution in [-0.2, 0) is 9.59 Å². The third kappa shape index (κ3) is 4.15. The van der Waals surface area contributed by atoms with Crippen molar-refractivity contribution in [2.24, 2.45) is 11.8 Å². The fourth-order valence-corrected chi connectivity index (χ4v) is 4.89. The van der Waals surface area contributed by atoms with Gasteiger partial charge in [0.2, 0.25) is 11.8 Å². The SMILES string of the molecule is O=C1C2CCCCC2C(=O)N1CCCCN1CCN(c2cncc(Cl)n2)CC1. The number of likely N-dealkylation sites (tertiary alicyclic amines) is 1. The minimum Gasteiger partial charge on any atom is -0.353 e. The summed E-state index contributed by atoms with van der Waals surface area (Å²) in [6, 6.07) is 0. The van der Waals surface area contributed by atoms with Crippen molar-refractivity contribution in [3.05, 3.63) is 17.5 Å². The highest BCUT2D eigenvalue weighted by atomic mass is 35.5. The molecule has 28 heavy (non-hydrogen) atoms. The Bertz CT molecular complexity index is 698. The molecule has 8 heteroatoms. The maximum Gasteiger partial charge on any atom is 0.233 e. The van der Waals surface area contributed by atoms with E-state index in [4.69, 9.17) is 11.6 Å². The van der Waals surface area contributed by atoms with Gasteiger partial charge >= 0.3 is 0 Å². The van der Waals surface area contributed by atoms with Gasteiger partial charge in [-0.3, -0.25) is 24.4 Å². The monoisotopic (exact) mass is 405 g/mol. The molecule has 0 N–H and O–H groups in total. The minimum atomic E-state index is -0.0242. The van der Waals surface area contributed by atoms with Crippen LogP contribution < -0.4 is 4.90 Å². The number of imide groups is 1. The van der Waals surface area contributed by atoms with Crippen LogP contribution in [0.2, 0.25) is 5.15 Å². The first-order valence-corrected chi connectivity index (χ1v) is 10.8. The maximum absolute atomic E-state index is 12.5. The van der Waals surface area contributed by atoms with Gasteiger partial charge in [-0.2, -0.15) is 0 Å². The Morgan fingerprint density at radius 2 is 1.57 bits per heavy atom.